The number of carbonyl (C=O) groups excluding carboxylic acids is 2. The summed E-state index contributed by atoms with van der Waals surface area (Å²) in [4.78, 5) is 27.8. The zero-order valence-corrected chi connectivity index (χ0v) is 23.4. The lowest BCUT2D eigenvalue weighted by atomic mass is 10.1. The molecule has 1 atom stereocenters. The average Bonchev–Trinajstić information content (AvgIpc) is 2.88. The maximum atomic E-state index is 13.4. The molecule has 1 N–H and O–H groups in total. The van der Waals surface area contributed by atoms with E-state index in [0.717, 1.165) is 40.7 Å². The van der Waals surface area contributed by atoms with Gasteiger partial charge >= 0.3 is 6.18 Å². The Bertz CT molecular complexity index is 1220. The van der Waals surface area contributed by atoms with Crippen molar-refractivity contribution in [2.24, 2.45) is 0 Å². The Morgan fingerprint density at radius 2 is 1.77 bits per heavy atom. The molecule has 2 aromatic rings. The molecule has 0 aliphatic rings. The Hall–Kier alpha value is -3.28. The number of nitrogens with one attached hydrogen (secondary N) is 1. The van der Waals surface area contributed by atoms with E-state index in [0.29, 0.717) is 18.7 Å². The second kappa shape index (κ2) is 14.2. The fraction of sp³-hybridized carbons (Fsp3) is 0.481. The highest BCUT2D eigenvalue weighted by Crippen LogP contribution is 2.32. The molecule has 0 heterocycles. The van der Waals surface area contributed by atoms with Gasteiger partial charge in [0.25, 0.3) is 0 Å². The Morgan fingerprint density at radius 1 is 1.08 bits per heavy atom. The van der Waals surface area contributed by atoms with Crippen molar-refractivity contribution in [3.63, 3.8) is 0 Å². The van der Waals surface area contributed by atoms with Gasteiger partial charge in [-0.15, -0.1) is 0 Å². The van der Waals surface area contributed by atoms with E-state index >= 15 is 0 Å². The monoisotopic (exact) mass is 571 g/mol. The zero-order valence-electron chi connectivity index (χ0n) is 22.6. The van der Waals surface area contributed by atoms with Gasteiger partial charge in [0.1, 0.15) is 11.8 Å². The molecule has 12 heteroatoms. The van der Waals surface area contributed by atoms with Crippen molar-refractivity contribution in [1.29, 1.82) is 0 Å². The van der Waals surface area contributed by atoms with Crippen molar-refractivity contribution in [1.82, 2.24) is 10.2 Å². The molecule has 0 saturated heterocycles. The third-order valence-electron chi connectivity index (χ3n) is 6.04. The quantitative estimate of drug-likeness (QED) is 0.358. The van der Waals surface area contributed by atoms with E-state index in [1.54, 1.807) is 31.2 Å². The number of carbonyl (C=O) groups is 2. The van der Waals surface area contributed by atoms with E-state index < -0.39 is 27.8 Å². The second-order valence-corrected chi connectivity index (χ2v) is 11.0. The van der Waals surface area contributed by atoms with Crippen molar-refractivity contribution in [2.75, 3.05) is 30.8 Å². The van der Waals surface area contributed by atoms with Crippen LogP contribution in [-0.2, 0) is 32.3 Å². The Labute approximate surface area is 228 Å². The molecule has 0 aliphatic heterocycles. The first-order valence-corrected chi connectivity index (χ1v) is 14.5. The van der Waals surface area contributed by atoms with Crippen molar-refractivity contribution >= 4 is 27.5 Å². The number of anilines is 1. The SMILES string of the molecule is CCCNC(=O)[C@H](CC)N(Cc1cccc(OC)c1)C(=O)CCCN(c1cccc(C(F)(F)F)c1)S(C)(=O)=O. The predicted octanol–water partition coefficient (Wildman–Crippen LogP) is 4.59. The minimum Gasteiger partial charge on any atom is -0.497 e. The summed E-state index contributed by atoms with van der Waals surface area (Å²) in [6.07, 6.45) is -2.75. The van der Waals surface area contributed by atoms with Crippen LogP contribution in [0.25, 0.3) is 0 Å². The largest absolute Gasteiger partial charge is 0.497 e. The van der Waals surface area contributed by atoms with Crippen molar-refractivity contribution < 1.29 is 35.9 Å². The molecular formula is C27H36F3N3O5S. The molecule has 2 aromatic carbocycles. The van der Waals surface area contributed by atoms with Gasteiger partial charge < -0.3 is 15.0 Å². The Kier molecular flexibility index (Phi) is 11.6. The Morgan fingerprint density at radius 3 is 2.36 bits per heavy atom. The van der Waals surface area contributed by atoms with Crippen LogP contribution in [0, 0.1) is 0 Å². The van der Waals surface area contributed by atoms with Gasteiger partial charge in [-0.05, 0) is 55.2 Å². The van der Waals surface area contributed by atoms with Gasteiger partial charge in [-0.25, -0.2) is 8.42 Å². The van der Waals surface area contributed by atoms with Crippen molar-refractivity contribution in [3.8, 4) is 5.75 Å². The summed E-state index contributed by atoms with van der Waals surface area (Å²) in [5.74, 6) is -0.0839. The molecule has 0 aromatic heterocycles. The zero-order chi connectivity index (χ0) is 29.2. The first kappa shape index (κ1) is 31.9. The minimum atomic E-state index is -4.64. The summed E-state index contributed by atoms with van der Waals surface area (Å²) in [6.45, 7) is 4.07. The van der Waals surface area contributed by atoms with E-state index in [2.05, 4.69) is 5.32 Å². The lowest BCUT2D eigenvalue weighted by Gasteiger charge is -2.31. The van der Waals surface area contributed by atoms with E-state index in [1.807, 2.05) is 6.92 Å². The fourth-order valence-electron chi connectivity index (χ4n) is 4.09. The number of amides is 2. The third kappa shape index (κ3) is 9.45. The maximum absolute atomic E-state index is 13.4. The van der Waals surface area contributed by atoms with Gasteiger partial charge in [0.05, 0.1) is 24.6 Å². The van der Waals surface area contributed by atoms with Crippen LogP contribution in [0.4, 0.5) is 18.9 Å². The van der Waals surface area contributed by atoms with Gasteiger partial charge in [0.15, 0.2) is 0 Å². The first-order valence-electron chi connectivity index (χ1n) is 12.7. The number of methoxy groups -OCH3 is 1. The molecule has 0 aliphatic carbocycles. The molecule has 0 spiro atoms. The van der Waals surface area contributed by atoms with Crippen LogP contribution < -0.4 is 14.4 Å². The van der Waals surface area contributed by atoms with E-state index in [9.17, 15) is 31.2 Å². The minimum absolute atomic E-state index is 0.0315. The molecule has 8 nitrogen and oxygen atoms in total. The highest BCUT2D eigenvalue weighted by molar-refractivity contribution is 7.92. The van der Waals surface area contributed by atoms with Crippen LogP contribution in [0.2, 0.25) is 0 Å². The number of hydrogen-bond donors (Lipinski definition) is 1. The van der Waals surface area contributed by atoms with E-state index in [-0.39, 0.29) is 43.4 Å². The molecule has 0 radical (unpaired) electrons. The number of alkyl halides is 3. The summed E-state index contributed by atoms with van der Waals surface area (Å²) in [5, 5.41) is 2.82. The van der Waals surface area contributed by atoms with Gasteiger partial charge in [0, 0.05) is 26.1 Å². The van der Waals surface area contributed by atoms with Crippen molar-refractivity contribution in [2.45, 2.75) is 58.3 Å². The van der Waals surface area contributed by atoms with Gasteiger partial charge in [-0.3, -0.25) is 13.9 Å². The predicted molar refractivity (Wildman–Crippen MR) is 144 cm³/mol. The third-order valence-corrected chi connectivity index (χ3v) is 7.23. The van der Waals surface area contributed by atoms with E-state index in [4.69, 9.17) is 4.74 Å². The maximum Gasteiger partial charge on any atom is 0.416 e. The number of nitrogens with zero attached hydrogens (tertiary/aromatic N) is 2. The average molecular weight is 572 g/mol. The number of sulfonamides is 1. The number of halogens is 3. The summed E-state index contributed by atoms with van der Waals surface area (Å²) in [6, 6.07) is 10.4. The number of ether oxygens (including phenoxy) is 1. The summed E-state index contributed by atoms with van der Waals surface area (Å²) < 4.78 is 70.6. The van der Waals surface area contributed by atoms with Crippen LogP contribution in [0.5, 0.6) is 5.75 Å². The topological polar surface area (TPSA) is 96.0 Å². The second-order valence-electron chi connectivity index (χ2n) is 9.08. The van der Waals surface area contributed by atoms with Crippen LogP contribution in [-0.4, -0.2) is 57.6 Å². The standard InChI is InChI=1S/C27H36F3N3O5S/c1-5-15-31-26(35)24(6-2)32(19-20-10-7-13-23(17-20)38-3)25(34)14-9-16-33(39(4,36)37)22-12-8-11-21(18-22)27(28,29)30/h7-8,10-13,17-18,24H,5-6,9,14-16,19H2,1-4H3,(H,31,35)/t24-/m0/s1. The Balaban J connectivity index is 2.26. The summed E-state index contributed by atoms with van der Waals surface area (Å²) >= 11 is 0. The van der Waals surface area contributed by atoms with Gasteiger partial charge in [0.2, 0.25) is 21.8 Å². The number of rotatable bonds is 14. The molecule has 2 rings (SSSR count). The molecule has 216 valence electrons. The molecule has 0 fully saturated rings. The number of hydrogen-bond acceptors (Lipinski definition) is 5. The molecule has 0 bridgehead atoms. The van der Waals surface area contributed by atoms with Crippen LogP contribution in [0.1, 0.15) is 50.7 Å². The van der Waals surface area contributed by atoms with Gasteiger partial charge in [-0.1, -0.05) is 32.0 Å². The van der Waals surface area contributed by atoms with Crippen LogP contribution >= 0.6 is 0 Å². The highest BCUT2D eigenvalue weighted by atomic mass is 32.2. The molecule has 0 saturated carbocycles. The van der Waals surface area contributed by atoms with E-state index in [1.165, 1.54) is 18.1 Å². The molecular weight excluding hydrogens is 535 g/mol. The van der Waals surface area contributed by atoms with Crippen LogP contribution in [0.3, 0.4) is 0 Å². The highest BCUT2D eigenvalue weighted by Gasteiger charge is 2.32. The van der Waals surface area contributed by atoms with Gasteiger partial charge in [-0.2, -0.15) is 13.2 Å². The number of benzene rings is 2. The lowest BCUT2D eigenvalue weighted by Crippen LogP contribution is -2.49. The molecule has 2 amide bonds. The molecule has 0 unspecified atom stereocenters. The molecule has 39 heavy (non-hydrogen) atoms. The summed E-state index contributed by atoms with van der Waals surface area (Å²) in [5.41, 5.74) is -0.373. The lowest BCUT2D eigenvalue weighted by molar-refractivity contribution is -0.141. The normalized spacial score (nSPS) is 12.5. The fourth-order valence-corrected chi connectivity index (χ4v) is 5.05. The smallest absolute Gasteiger partial charge is 0.416 e. The first-order chi connectivity index (χ1) is 18.3. The van der Waals surface area contributed by atoms with Crippen molar-refractivity contribution in [3.05, 3.63) is 59.7 Å². The van der Waals surface area contributed by atoms with Crippen LogP contribution in [0.15, 0.2) is 48.5 Å². The summed E-state index contributed by atoms with van der Waals surface area (Å²) in [7, 11) is -2.42.